The zero-order valence-electron chi connectivity index (χ0n) is 10.9. The highest BCUT2D eigenvalue weighted by atomic mass is 32.2. The Morgan fingerprint density at radius 3 is 2.65 bits per heavy atom. The summed E-state index contributed by atoms with van der Waals surface area (Å²) in [6.07, 6.45) is 3.20. The number of carbonyl (C=O) groups is 1. The van der Waals surface area contributed by atoms with E-state index in [0.29, 0.717) is 5.75 Å². The van der Waals surface area contributed by atoms with Gasteiger partial charge in [0.05, 0.1) is 7.11 Å². The van der Waals surface area contributed by atoms with Crippen molar-refractivity contribution in [2.24, 2.45) is 0 Å². The molecule has 0 unspecified atom stereocenters. The summed E-state index contributed by atoms with van der Waals surface area (Å²) >= 11 is 1.17. The van der Waals surface area contributed by atoms with Gasteiger partial charge in [-0.1, -0.05) is 30.3 Å². The van der Waals surface area contributed by atoms with Crippen molar-refractivity contribution in [2.75, 3.05) is 7.11 Å². The van der Waals surface area contributed by atoms with E-state index in [1.807, 2.05) is 30.3 Å². The van der Waals surface area contributed by atoms with E-state index in [2.05, 4.69) is 0 Å². The van der Waals surface area contributed by atoms with Crippen molar-refractivity contribution in [3.8, 4) is 11.5 Å². The van der Waals surface area contributed by atoms with Crippen LogP contribution in [0.5, 0.6) is 11.5 Å². The molecule has 102 valence electrons. The first-order valence-corrected chi connectivity index (χ1v) is 6.82. The van der Waals surface area contributed by atoms with E-state index in [0.717, 1.165) is 10.5 Å². The van der Waals surface area contributed by atoms with E-state index in [1.54, 1.807) is 18.2 Å². The summed E-state index contributed by atoms with van der Waals surface area (Å²) in [6.45, 7) is 0. The van der Waals surface area contributed by atoms with E-state index in [1.165, 1.54) is 31.0 Å². The van der Waals surface area contributed by atoms with Gasteiger partial charge in [0, 0.05) is 4.90 Å². The number of benzene rings is 2. The van der Waals surface area contributed by atoms with Gasteiger partial charge in [-0.15, -0.1) is 0 Å². The molecular formula is C16H14O3S. The molecule has 0 aliphatic heterocycles. The maximum Gasteiger partial charge on any atom is 0.216 e. The van der Waals surface area contributed by atoms with Crippen LogP contribution in [-0.4, -0.2) is 17.3 Å². The molecule has 0 aromatic heterocycles. The molecule has 4 heteroatoms. The van der Waals surface area contributed by atoms with Gasteiger partial charge in [0.15, 0.2) is 11.5 Å². The molecule has 0 radical (unpaired) electrons. The Morgan fingerprint density at radius 2 is 1.95 bits per heavy atom. The summed E-state index contributed by atoms with van der Waals surface area (Å²) in [7, 11) is 1.49. The molecule has 0 heterocycles. The average Bonchev–Trinajstić information content (AvgIpc) is 2.47. The number of carbonyl (C=O) groups excluding carboxylic acids is 1. The molecule has 0 amide bonds. The van der Waals surface area contributed by atoms with Crippen LogP contribution in [0, 0.1) is 0 Å². The van der Waals surface area contributed by atoms with Gasteiger partial charge in [0.1, 0.15) is 0 Å². The van der Waals surface area contributed by atoms with Crippen LogP contribution in [0.15, 0.2) is 59.5 Å². The third kappa shape index (κ3) is 3.90. The minimum atomic E-state index is -0.0526. The number of phenolic OH excluding ortho intramolecular Hbond substituents is 1. The zero-order valence-corrected chi connectivity index (χ0v) is 11.8. The van der Waals surface area contributed by atoms with Crippen molar-refractivity contribution in [3.05, 3.63) is 60.2 Å². The van der Waals surface area contributed by atoms with Crippen LogP contribution in [0.4, 0.5) is 0 Å². The first-order valence-electron chi connectivity index (χ1n) is 6.01. The lowest BCUT2D eigenvalue weighted by Crippen LogP contribution is -1.86. The van der Waals surface area contributed by atoms with Gasteiger partial charge in [-0.2, -0.15) is 0 Å². The summed E-state index contributed by atoms with van der Waals surface area (Å²) < 4.78 is 5.01. The van der Waals surface area contributed by atoms with Crippen molar-refractivity contribution < 1.29 is 14.6 Å². The van der Waals surface area contributed by atoms with Crippen LogP contribution in [0.2, 0.25) is 0 Å². The minimum Gasteiger partial charge on any atom is -0.504 e. The van der Waals surface area contributed by atoms with E-state index in [9.17, 15) is 9.90 Å². The van der Waals surface area contributed by atoms with E-state index < -0.39 is 0 Å². The molecule has 0 fully saturated rings. The molecule has 0 aliphatic carbocycles. The lowest BCUT2D eigenvalue weighted by atomic mass is 10.2. The molecule has 2 aromatic carbocycles. The number of ether oxygens (including phenoxy) is 1. The van der Waals surface area contributed by atoms with Gasteiger partial charge >= 0.3 is 0 Å². The lowest BCUT2D eigenvalue weighted by molar-refractivity contribution is -0.107. The normalized spacial score (nSPS) is 10.7. The monoisotopic (exact) mass is 286 g/mol. The largest absolute Gasteiger partial charge is 0.504 e. The van der Waals surface area contributed by atoms with Gasteiger partial charge in [0.25, 0.3) is 0 Å². The Labute approximate surface area is 121 Å². The highest BCUT2D eigenvalue weighted by molar-refractivity contribution is 8.14. The van der Waals surface area contributed by atoms with Crippen molar-refractivity contribution in [1.29, 1.82) is 0 Å². The average molecular weight is 286 g/mol. The van der Waals surface area contributed by atoms with Gasteiger partial charge in [-0.25, -0.2) is 0 Å². The van der Waals surface area contributed by atoms with E-state index >= 15 is 0 Å². The number of aromatic hydroxyl groups is 1. The van der Waals surface area contributed by atoms with Crippen LogP contribution < -0.4 is 4.74 Å². The van der Waals surface area contributed by atoms with Crippen LogP contribution in [0.1, 0.15) is 5.56 Å². The second-order valence-corrected chi connectivity index (χ2v) is 5.08. The van der Waals surface area contributed by atoms with Crippen LogP contribution in [0.3, 0.4) is 0 Å². The summed E-state index contributed by atoms with van der Waals surface area (Å²) in [5.41, 5.74) is 0.793. The van der Waals surface area contributed by atoms with Gasteiger partial charge in [0.2, 0.25) is 5.12 Å². The second-order valence-electron chi connectivity index (χ2n) is 4.00. The van der Waals surface area contributed by atoms with E-state index in [-0.39, 0.29) is 10.9 Å². The number of hydrogen-bond acceptors (Lipinski definition) is 4. The Bertz CT molecular complexity index is 621. The fourth-order valence-electron chi connectivity index (χ4n) is 1.60. The minimum absolute atomic E-state index is 0.0526. The molecule has 1 N–H and O–H groups in total. The van der Waals surface area contributed by atoms with Crippen molar-refractivity contribution in [2.45, 2.75) is 4.90 Å². The smallest absolute Gasteiger partial charge is 0.216 e. The summed E-state index contributed by atoms with van der Waals surface area (Å²) in [5.74, 6) is 0.463. The van der Waals surface area contributed by atoms with Crippen LogP contribution in [0.25, 0.3) is 6.08 Å². The molecule has 0 bridgehead atoms. The zero-order chi connectivity index (χ0) is 14.4. The number of phenols is 1. The molecule has 2 aromatic rings. The summed E-state index contributed by atoms with van der Waals surface area (Å²) in [5, 5.41) is 9.43. The molecule has 0 spiro atoms. The molecule has 3 nitrogen and oxygen atoms in total. The number of hydrogen-bond donors (Lipinski definition) is 1. The predicted octanol–water partition coefficient (Wildman–Crippen LogP) is 3.73. The van der Waals surface area contributed by atoms with Gasteiger partial charge in [-0.3, -0.25) is 4.79 Å². The van der Waals surface area contributed by atoms with Crippen molar-refractivity contribution in [1.82, 2.24) is 0 Å². The summed E-state index contributed by atoms with van der Waals surface area (Å²) in [6, 6.07) is 14.4. The molecule has 20 heavy (non-hydrogen) atoms. The predicted molar refractivity (Wildman–Crippen MR) is 81.0 cm³/mol. The SMILES string of the molecule is COc1cc(/C=C/C(=O)Sc2ccccc2)ccc1O. The van der Waals surface area contributed by atoms with Crippen molar-refractivity contribution >= 4 is 23.0 Å². The number of methoxy groups -OCH3 is 1. The first kappa shape index (κ1) is 14.2. The third-order valence-electron chi connectivity index (χ3n) is 2.58. The molecule has 0 atom stereocenters. The third-order valence-corrected chi connectivity index (χ3v) is 3.42. The van der Waals surface area contributed by atoms with Crippen LogP contribution >= 0.6 is 11.8 Å². The Morgan fingerprint density at radius 1 is 1.20 bits per heavy atom. The number of rotatable bonds is 4. The van der Waals surface area contributed by atoms with Crippen molar-refractivity contribution in [3.63, 3.8) is 0 Å². The maximum atomic E-state index is 11.8. The standard InChI is InChI=1S/C16H14O3S/c1-19-15-11-12(7-9-14(15)17)8-10-16(18)20-13-5-3-2-4-6-13/h2-11,17H,1H3/b10-8+. The van der Waals surface area contributed by atoms with Crippen LogP contribution in [-0.2, 0) is 4.79 Å². The second kappa shape index (κ2) is 6.82. The number of thioether (sulfide) groups is 1. The topological polar surface area (TPSA) is 46.5 Å². The fourth-order valence-corrected chi connectivity index (χ4v) is 2.26. The highest BCUT2D eigenvalue weighted by Gasteiger charge is 2.02. The molecule has 0 aliphatic rings. The van der Waals surface area contributed by atoms with Gasteiger partial charge in [-0.05, 0) is 47.7 Å². The Balaban J connectivity index is 2.04. The quantitative estimate of drug-likeness (QED) is 0.687. The first-order chi connectivity index (χ1) is 9.69. The molecule has 0 saturated carbocycles. The lowest BCUT2D eigenvalue weighted by Gasteiger charge is -2.03. The fraction of sp³-hybridized carbons (Fsp3) is 0.0625. The molecule has 0 saturated heterocycles. The molecular weight excluding hydrogens is 272 g/mol. The maximum absolute atomic E-state index is 11.8. The summed E-state index contributed by atoms with van der Waals surface area (Å²) in [4.78, 5) is 12.7. The highest BCUT2D eigenvalue weighted by Crippen LogP contribution is 2.27. The Kier molecular flexibility index (Phi) is 4.85. The van der Waals surface area contributed by atoms with E-state index in [4.69, 9.17) is 4.74 Å². The Hall–Kier alpha value is -2.20. The van der Waals surface area contributed by atoms with Gasteiger partial charge < -0.3 is 9.84 Å². The molecule has 2 rings (SSSR count).